The van der Waals surface area contributed by atoms with Gasteiger partial charge in [-0.15, -0.1) is 0 Å². The van der Waals surface area contributed by atoms with Crippen LogP contribution < -0.4 is 29.1 Å². The van der Waals surface area contributed by atoms with E-state index in [-0.39, 0.29) is 31.1 Å². The maximum absolute atomic E-state index is 14.2. The lowest BCUT2D eigenvalue weighted by Crippen LogP contribution is -2.40. The molecule has 0 fully saturated rings. The lowest BCUT2D eigenvalue weighted by molar-refractivity contribution is -0.138. The Hall–Kier alpha value is -5.92. The highest BCUT2D eigenvalue weighted by molar-refractivity contribution is 7.07. The Morgan fingerprint density at radius 3 is 2.57 bits per heavy atom. The first-order valence-corrected chi connectivity index (χ1v) is 15.7. The molecule has 0 saturated heterocycles. The number of fused-ring (bicyclic) bond motifs is 2. The quantitative estimate of drug-likeness (QED) is 0.216. The minimum atomic E-state index is -0.829. The van der Waals surface area contributed by atoms with E-state index in [0.29, 0.717) is 43.4 Å². The highest BCUT2D eigenvalue weighted by Gasteiger charge is 2.36. The van der Waals surface area contributed by atoms with Gasteiger partial charge in [-0.2, -0.15) is 5.26 Å². The number of carbonyl (C=O) groups excluding carboxylic acids is 1. The summed E-state index contributed by atoms with van der Waals surface area (Å²) >= 11 is 1.25. The standard InChI is InChI=1S/C37H27N3O6S/c1-2-43-36(42)32-33(24-8-4-3-5-9-24)39-37-40(34(32)25-14-17-29-30(19-25)46-22-45-29)35(41)31(47-37)18-23-12-15-28(16-13-23)44-21-27-11-7-6-10-26(27)20-38/h3-19,34H,2,21-22H2,1H3/b31-18+/t34-/m0/s1. The largest absolute Gasteiger partial charge is 0.489 e. The molecule has 7 rings (SSSR count). The van der Waals surface area contributed by atoms with E-state index in [4.69, 9.17) is 23.9 Å². The molecule has 3 heterocycles. The number of aromatic nitrogens is 1. The van der Waals surface area contributed by atoms with Crippen molar-refractivity contribution in [2.24, 2.45) is 4.99 Å². The maximum Gasteiger partial charge on any atom is 0.338 e. The average Bonchev–Trinajstić information content (AvgIpc) is 3.71. The number of ether oxygens (including phenoxy) is 4. The molecule has 0 spiro atoms. The van der Waals surface area contributed by atoms with Gasteiger partial charge in [-0.05, 0) is 54.5 Å². The van der Waals surface area contributed by atoms with Crippen molar-refractivity contribution < 1.29 is 23.7 Å². The molecule has 232 valence electrons. The predicted octanol–water partition coefficient (Wildman–Crippen LogP) is 5.11. The lowest BCUT2D eigenvalue weighted by atomic mass is 9.93. The fraction of sp³-hybridized carbons (Fsp3) is 0.135. The zero-order chi connectivity index (χ0) is 32.3. The maximum atomic E-state index is 14.2. The highest BCUT2D eigenvalue weighted by atomic mass is 32.1. The number of hydrogen-bond acceptors (Lipinski definition) is 9. The molecule has 0 N–H and O–H groups in total. The van der Waals surface area contributed by atoms with Gasteiger partial charge in [-0.25, -0.2) is 9.79 Å². The second-order valence-electron chi connectivity index (χ2n) is 10.7. The fourth-order valence-electron chi connectivity index (χ4n) is 5.57. The van der Waals surface area contributed by atoms with Crippen LogP contribution in [0.15, 0.2) is 112 Å². The van der Waals surface area contributed by atoms with Crippen molar-refractivity contribution in [3.8, 4) is 23.3 Å². The molecule has 0 bridgehead atoms. The number of esters is 1. The van der Waals surface area contributed by atoms with E-state index in [1.54, 1.807) is 35.8 Å². The SMILES string of the molecule is CCOC(=O)C1=C(c2ccccc2)N=c2s/c(=C/c3ccc(OCc4ccccc4C#N)cc3)c(=O)n2[C@H]1c1ccc2c(c1)OCO2. The van der Waals surface area contributed by atoms with Crippen LogP contribution >= 0.6 is 11.3 Å². The Morgan fingerprint density at radius 1 is 1.02 bits per heavy atom. The van der Waals surface area contributed by atoms with Crippen LogP contribution in [0.25, 0.3) is 11.8 Å². The van der Waals surface area contributed by atoms with Crippen molar-refractivity contribution >= 4 is 29.1 Å². The molecule has 0 radical (unpaired) electrons. The van der Waals surface area contributed by atoms with Crippen LogP contribution in [-0.4, -0.2) is 23.9 Å². The summed E-state index contributed by atoms with van der Waals surface area (Å²) in [6, 6.07) is 30.8. The van der Waals surface area contributed by atoms with Crippen molar-refractivity contribution in [2.75, 3.05) is 13.4 Å². The van der Waals surface area contributed by atoms with Gasteiger partial charge in [0.15, 0.2) is 16.3 Å². The molecular formula is C37H27N3O6S. The van der Waals surface area contributed by atoms with Gasteiger partial charge in [0.1, 0.15) is 12.4 Å². The van der Waals surface area contributed by atoms with Gasteiger partial charge in [0.2, 0.25) is 6.79 Å². The van der Waals surface area contributed by atoms with Gasteiger partial charge in [0, 0.05) is 11.1 Å². The number of benzene rings is 4. The minimum absolute atomic E-state index is 0.0916. The molecule has 1 atom stereocenters. The zero-order valence-corrected chi connectivity index (χ0v) is 26.0. The van der Waals surface area contributed by atoms with Gasteiger partial charge in [-0.3, -0.25) is 9.36 Å². The van der Waals surface area contributed by atoms with Crippen molar-refractivity contribution in [1.82, 2.24) is 4.57 Å². The van der Waals surface area contributed by atoms with Crippen molar-refractivity contribution in [1.29, 1.82) is 5.26 Å². The second kappa shape index (κ2) is 12.8. The van der Waals surface area contributed by atoms with Crippen molar-refractivity contribution in [2.45, 2.75) is 19.6 Å². The van der Waals surface area contributed by atoms with Gasteiger partial charge in [0.25, 0.3) is 5.56 Å². The van der Waals surface area contributed by atoms with Gasteiger partial charge >= 0.3 is 5.97 Å². The van der Waals surface area contributed by atoms with Crippen molar-refractivity contribution in [3.05, 3.63) is 150 Å². The predicted molar refractivity (Wildman–Crippen MR) is 176 cm³/mol. The third kappa shape index (κ3) is 5.80. The molecule has 4 aromatic carbocycles. The zero-order valence-electron chi connectivity index (χ0n) is 25.2. The summed E-state index contributed by atoms with van der Waals surface area (Å²) in [6.07, 6.45) is 1.80. The normalized spacial score (nSPS) is 15.1. The van der Waals surface area contributed by atoms with Crippen LogP contribution in [0, 0.1) is 11.3 Å². The molecular weight excluding hydrogens is 614 g/mol. The van der Waals surface area contributed by atoms with E-state index < -0.39 is 12.0 Å². The van der Waals surface area contributed by atoms with E-state index in [1.165, 1.54) is 11.3 Å². The molecule has 2 aliphatic rings. The first-order chi connectivity index (χ1) is 23.0. The van der Waals surface area contributed by atoms with E-state index in [2.05, 4.69) is 6.07 Å². The third-order valence-corrected chi connectivity index (χ3v) is 8.78. The first kappa shape index (κ1) is 29.8. The number of thiazole rings is 1. The van der Waals surface area contributed by atoms with Crippen molar-refractivity contribution in [3.63, 3.8) is 0 Å². The molecule has 2 aliphatic heterocycles. The average molecular weight is 642 g/mol. The second-order valence-corrected chi connectivity index (χ2v) is 11.7. The fourth-order valence-corrected chi connectivity index (χ4v) is 6.57. The lowest BCUT2D eigenvalue weighted by Gasteiger charge is -2.26. The number of nitrogens with zero attached hydrogens (tertiary/aromatic N) is 3. The molecule has 10 heteroatoms. The highest BCUT2D eigenvalue weighted by Crippen LogP contribution is 2.40. The van der Waals surface area contributed by atoms with Crippen LogP contribution in [0.1, 0.15) is 40.8 Å². The van der Waals surface area contributed by atoms with Crippen LogP contribution in [0.4, 0.5) is 0 Å². The summed E-state index contributed by atoms with van der Waals surface area (Å²) in [7, 11) is 0. The van der Waals surface area contributed by atoms with Gasteiger partial charge < -0.3 is 18.9 Å². The van der Waals surface area contributed by atoms with Crippen LogP contribution in [0.2, 0.25) is 0 Å². The Balaban J connectivity index is 1.31. The Bertz CT molecular complexity index is 2250. The van der Waals surface area contributed by atoms with Crippen LogP contribution in [0.3, 0.4) is 0 Å². The number of nitriles is 1. The number of rotatable bonds is 8. The molecule has 0 saturated carbocycles. The molecule has 9 nitrogen and oxygen atoms in total. The topological polar surface area (TPSA) is 112 Å². The Labute approximate surface area is 273 Å². The summed E-state index contributed by atoms with van der Waals surface area (Å²) in [5.41, 5.74) is 3.95. The summed E-state index contributed by atoms with van der Waals surface area (Å²) in [5, 5.41) is 9.35. The van der Waals surface area contributed by atoms with E-state index in [0.717, 1.165) is 16.7 Å². The number of carbonyl (C=O) groups is 1. The van der Waals surface area contributed by atoms with Gasteiger partial charge in [0.05, 0.1) is 40.1 Å². The van der Waals surface area contributed by atoms with Gasteiger partial charge in [-0.1, -0.05) is 78.1 Å². The van der Waals surface area contributed by atoms with Crippen LogP contribution in [0.5, 0.6) is 17.2 Å². The summed E-state index contributed by atoms with van der Waals surface area (Å²) in [5.74, 6) is 1.20. The molecule has 1 aromatic heterocycles. The minimum Gasteiger partial charge on any atom is -0.489 e. The Kier molecular flexibility index (Phi) is 8.13. The molecule has 5 aromatic rings. The molecule has 0 unspecified atom stereocenters. The molecule has 0 amide bonds. The molecule has 47 heavy (non-hydrogen) atoms. The number of hydrogen-bond donors (Lipinski definition) is 0. The Morgan fingerprint density at radius 2 is 1.79 bits per heavy atom. The first-order valence-electron chi connectivity index (χ1n) is 14.9. The smallest absolute Gasteiger partial charge is 0.338 e. The summed E-state index contributed by atoms with van der Waals surface area (Å²) < 4.78 is 24.7. The monoisotopic (exact) mass is 641 g/mol. The third-order valence-electron chi connectivity index (χ3n) is 7.80. The van der Waals surface area contributed by atoms with E-state index >= 15 is 0 Å². The van der Waals surface area contributed by atoms with E-state index in [9.17, 15) is 14.9 Å². The van der Waals surface area contributed by atoms with Crippen LogP contribution in [-0.2, 0) is 16.1 Å². The summed E-state index contributed by atoms with van der Waals surface area (Å²) in [6.45, 7) is 2.25. The molecule has 0 aliphatic carbocycles. The summed E-state index contributed by atoms with van der Waals surface area (Å²) in [4.78, 5) is 33.2. The van der Waals surface area contributed by atoms with E-state index in [1.807, 2.05) is 78.9 Å².